The van der Waals surface area contributed by atoms with Gasteiger partial charge in [0.2, 0.25) is 5.91 Å². The van der Waals surface area contributed by atoms with E-state index in [4.69, 9.17) is 19.1 Å². The molecule has 5 atom stereocenters. The first-order valence-electron chi connectivity index (χ1n) is 29.3. The van der Waals surface area contributed by atoms with Crippen LogP contribution in [-0.4, -0.2) is 149 Å². The van der Waals surface area contributed by atoms with Crippen LogP contribution in [-0.2, 0) is 46.6 Å². The van der Waals surface area contributed by atoms with Crippen LogP contribution in [0.4, 0.5) is 22.7 Å². The van der Waals surface area contributed by atoms with Gasteiger partial charge in [0, 0.05) is 85.3 Å². The smallest absolute Gasteiger partial charge is 0.373 e. The molecule has 0 saturated heterocycles. The number of rotatable bonds is 7. The zero-order chi connectivity index (χ0) is 63.7. The standard InChI is InChI=1S/C25H27N3O6.C16H24N2O.C13H19NO2.C11H13N3O.CO2/c1-11-20-12(7-18(33-4)22(11)34-5)6-15(26-20)24(32)28-10-13(29)8-14-16(28)9-17(30)21-19(14)23(31)25(2,3)27-21;1-6-16(19)18-10-14(17(4)5)9-13-7-11(2)12(3)8-15(13)18;1-4-9-5-10-6-12(15)13(16)7-11(10)14(2,3)8-9;1-12-8-5-7-3-2-4-9-10(7)14(6-8)11(15)13-9;2-1-3/h6-7,9,13,26-27,29-30H,8,10H2,1-5H3;7-8,14H,6,9-10H2,1-5H3;6-7,9,15-16H,2,4-5,8H2,1,3H3;2-4,8,12H,5-6H2,1H3,(H,13,15);/t13-;;9-,14?;8-;/m0.01./s1. The van der Waals surface area contributed by atoms with Crippen LogP contribution < -0.4 is 40.1 Å². The van der Waals surface area contributed by atoms with Gasteiger partial charge >= 0.3 is 11.8 Å². The number of aromatic nitrogens is 3. The van der Waals surface area contributed by atoms with Crippen molar-refractivity contribution in [2.24, 2.45) is 5.92 Å². The number of ketones is 1. The maximum Gasteiger partial charge on any atom is 0.373 e. The number of methoxy groups -OCH3 is 2. The third-order valence-corrected chi connectivity index (χ3v) is 17.5. The number of β-amino-alcohol motifs (C(OH)–C–C–N with tert-alkyl or cyclic N) is 1. The van der Waals surface area contributed by atoms with Gasteiger partial charge in [-0.1, -0.05) is 32.0 Å². The predicted molar refractivity (Wildman–Crippen MR) is 337 cm³/mol. The quantitative estimate of drug-likeness (QED) is 0.0427. The monoisotopic (exact) mass is 1190 g/mol. The van der Waals surface area contributed by atoms with Gasteiger partial charge in [-0.2, -0.15) is 9.59 Å². The zero-order valence-corrected chi connectivity index (χ0v) is 52.2. The van der Waals surface area contributed by atoms with Crippen LogP contribution in [0, 0.1) is 33.7 Å². The van der Waals surface area contributed by atoms with E-state index in [2.05, 4.69) is 85.6 Å². The number of aliphatic hydroxyl groups is 1. The number of para-hydroxylation sites is 1. The fourth-order valence-corrected chi connectivity index (χ4v) is 12.7. The fraction of sp³-hybridized carbons (Fsp3) is 0.424. The molecule has 0 radical (unpaired) electrons. The van der Waals surface area contributed by atoms with Crippen molar-refractivity contribution in [3.05, 3.63) is 128 Å². The second-order valence-corrected chi connectivity index (χ2v) is 24.3. The number of phenols is 3. The van der Waals surface area contributed by atoms with Crippen LogP contribution in [0.25, 0.3) is 21.9 Å². The lowest BCUT2D eigenvalue weighted by Crippen LogP contribution is -2.48. The average Bonchev–Trinajstić information content (AvgIpc) is 1.79. The summed E-state index contributed by atoms with van der Waals surface area (Å²) in [6.45, 7) is 16.3. The Kier molecular flexibility index (Phi) is 19.2. The van der Waals surface area contributed by atoms with E-state index < -0.39 is 11.6 Å². The van der Waals surface area contributed by atoms with E-state index in [-0.39, 0.29) is 59.7 Å². The van der Waals surface area contributed by atoms with Crippen molar-refractivity contribution in [2.45, 2.75) is 117 Å². The number of carbonyl (C=O) groups is 3. The van der Waals surface area contributed by atoms with Gasteiger partial charge in [-0.05, 0) is 140 Å². The molecular weight excluding hydrogens is 1110 g/mol. The number of anilines is 3. The van der Waals surface area contributed by atoms with Crippen molar-refractivity contribution in [1.29, 1.82) is 0 Å². The number of aryl methyl sites for hydroxylation is 3. The molecule has 12 rings (SSSR count). The number of carbonyl (C=O) groups excluding carboxylic acids is 5. The highest BCUT2D eigenvalue weighted by Gasteiger charge is 2.44. The lowest BCUT2D eigenvalue weighted by molar-refractivity contribution is -0.191. The number of phenolic OH excluding ortho intramolecular Hbond substituents is 3. The van der Waals surface area contributed by atoms with Crippen LogP contribution >= 0.6 is 0 Å². The molecule has 464 valence electrons. The van der Waals surface area contributed by atoms with Gasteiger partial charge in [-0.15, -0.1) is 7.05 Å². The van der Waals surface area contributed by atoms with Gasteiger partial charge in [-0.25, -0.2) is 4.79 Å². The molecule has 5 aromatic carbocycles. The molecule has 0 saturated carbocycles. The molecule has 7 aromatic rings. The second-order valence-electron chi connectivity index (χ2n) is 24.3. The molecule has 2 amide bonds. The van der Waals surface area contributed by atoms with Crippen molar-refractivity contribution in [3.8, 4) is 28.7 Å². The SMILES string of the molecule is CCC(=O)N1CC(N(C)C)Cc2cc(C)c(C)cc21.CN[C@@H]1Cc2cccc3[nH]c(=O)n(c23)C1.COc1cc2cc(C(=O)N3C[C@@H](O)Cc4c3cc(O)c3c4C(=O)C(C)(C)N3)[nH]c2c(C)c1OC.O=C=O.[CH2-][N+]1(C)C[C@@H](CC)Cc2cc(O)c(O)cc21. The van der Waals surface area contributed by atoms with Crippen molar-refractivity contribution >= 4 is 68.4 Å². The third kappa shape index (κ3) is 12.9. The van der Waals surface area contributed by atoms with E-state index in [1.165, 1.54) is 33.2 Å². The van der Waals surface area contributed by atoms with E-state index >= 15 is 0 Å². The van der Waals surface area contributed by atoms with Crippen molar-refractivity contribution in [2.75, 3.05) is 77.2 Å². The highest BCUT2D eigenvalue weighted by Crippen LogP contribution is 2.47. The van der Waals surface area contributed by atoms with E-state index in [0.29, 0.717) is 68.6 Å². The van der Waals surface area contributed by atoms with Gasteiger partial charge < -0.3 is 69.7 Å². The third-order valence-electron chi connectivity index (χ3n) is 17.5. The number of aliphatic hydroxyl groups excluding tert-OH is 1. The molecule has 2 aromatic heterocycles. The molecule has 0 bridgehead atoms. The molecule has 7 heterocycles. The molecule has 21 nitrogen and oxygen atoms in total. The minimum Gasteiger partial charge on any atom is -0.506 e. The summed E-state index contributed by atoms with van der Waals surface area (Å²) >= 11 is 0. The molecule has 5 aliphatic heterocycles. The summed E-state index contributed by atoms with van der Waals surface area (Å²) in [4.78, 5) is 78.5. The maximum absolute atomic E-state index is 13.7. The number of fused-ring (bicyclic) bond motifs is 6. The fourth-order valence-electron chi connectivity index (χ4n) is 12.7. The number of nitrogens with one attached hydrogen (secondary N) is 4. The van der Waals surface area contributed by atoms with Gasteiger partial charge in [0.05, 0.1) is 72.4 Å². The van der Waals surface area contributed by atoms with Gasteiger partial charge in [0.25, 0.3) is 5.91 Å². The summed E-state index contributed by atoms with van der Waals surface area (Å²) in [5.74, 6) is 1.18. The normalized spacial score (nSPS) is 20.1. The molecule has 21 heteroatoms. The number of aromatic hydroxyl groups is 3. The van der Waals surface area contributed by atoms with Gasteiger partial charge in [-0.3, -0.25) is 19.0 Å². The van der Waals surface area contributed by atoms with Crippen LogP contribution in [0.3, 0.4) is 0 Å². The number of Topliss-reactive ketones (excluding diaryl/α,β-unsaturated/α-hetero) is 1. The molecule has 0 aliphatic carbocycles. The van der Waals surface area contributed by atoms with Gasteiger partial charge in [0.1, 0.15) is 17.1 Å². The minimum absolute atomic E-state index is 0.00241. The van der Waals surface area contributed by atoms with E-state index in [1.54, 1.807) is 52.3 Å². The summed E-state index contributed by atoms with van der Waals surface area (Å²) in [6.07, 6.45) is 4.26. The number of quaternary nitrogens is 1. The van der Waals surface area contributed by atoms with Gasteiger partial charge in [0.15, 0.2) is 28.8 Å². The molecule has 8 N–H and O–H groups in total. The number of H-pyrrole nitrogens is 2. The Morgan fingerprint density at radius 1 is 0.839 bits per heavy atom. The number of hydrogen-bond acceptors (Lipinski definition) is 15. The second kappa shape index (κ2) is 25.9. The van der Waals surface area contributed by atoms with Crippen molar-refractivity contribution in [1.82, 2.24) is 29.2 Å². The first-order chi connectivity index (χ1) is 41.1. The van der Waals surface area contributed by atoms with E-state index in [0.717, 1.165) is 89.8 Å². The molecule has 5 aliphatic rings. The Morgan fingerprint density at radius 3 is 2.17 bits per heavy atom. The Labute approximate surface area is 507 Å². The lowest BCUT2D eigenvalue weighted by Gasteiger charge is -2.45. The summed E-state index contributed by atoms with van der Waals surface area (Å²) < 4.78 is 13.2. The zero-order valence-electron chi connectivity index (χ0n) is 52.2. The Balaban J connectivity index is 0.000000158. The molecule has 2 unspecified atom stereocenters. The van der Waals surface area contributed by atoms with Crippen LogP contribution in [0.5, 0.6) is 28.7 Å². The lowest BCUT2D eigenvalue weighted by atomic mass is 9.89. The summed E-state index contributed by atoms with van der Waals surface area (Å²) in [6, 6.07) is 19.5. The highest BCUT2D eigenvalue weighted by molar-refractivity contribution is 6.17. The first kappa shape index (κ1) is 64.5. The summed E-state index contributed by atoms with van der Waals surface area (Å²) in [5, 5.41) is 47.5. The maximum atomic E-state index is 13.7. The van der Waals surface area contributed by atoms with E-state index in [1.807, 2.05) is 49.5 Å². The number of imidazole rings is 1. The summed E-state index contributed by atoms with van der Waals surface area (Å²) in [7, 11) is 15.4. The number of likely N-dealkylation sites (N-methyl/N-ethyl adjacent to an activating group) is 2. The molecule has 87 heavy (non-hydrogen) atoms. The number of nitrogens with zero attached hydrogens (tertiary/aromatic N) is 5. The highest BCUT2D eigenvalue weighted by atomic mass is 16.5. The van der Waals surface area contributed by atoms with E-state index in [9.17, 15) is 39.6 Å². The largest absolute Gasteiger partial charge is 0.506 e. The number of aromatic amines is 2. The molecular formula is C66H83N9O12. The number of ether oxygens (including phenoxy) is 2. The van der Waals surface area contributed by atoms with Crippen LogP contribution in [0.1, 0.15) is 100 Å². The Morgan fingerprint density at radius 2 is 1.53 bits per heavy atom. The number of benzene rings is 5. The van der Waals surface area contributed by atoms with Crippen molar-refractivity contribution in [3.63, 3.8) is 0 Å². The number of amides is 2. The minimum atomic E-state index is -0.890. The predicted octanol–water partition coefficient (Wildman–Crippen LogP) is 7.98. The average molecular weight is 1190 g/mol. The molecule has 0 spiro atoms. The Bertz CT molecular complexity index is 3870. The van der Waals surface area contributed by atoms with Crippen LogP contribution in [0.15, 0.2) is 65.5 Å². The summed E-state index contributed by atoms with van der Waals surface area (Å²) in [5.41, 5.74) is 13.0. The topological polar surface area (TPSA) is 272 Å². The number of hydrogen-bond donors (Lipinski definition) is 8. The van der Waals surface area contributed by atoms with Crippen LogP contribution in [0.2, 0.25) is 0 Å². The Hall–Kier alpha value is -8.46. The first-order valence-corrected chi connectivity index (χ1v) is 29.3. The van der Waals surface area contributed by atoms with Crippen molar-refractivity contribution < 1.29 is 53.9 Å². The molecule has 0 fully saturated rings.